The summed E-state index contributed by atoms with van der Waals surface area (Å²) in [6, 6.07) is 9.46. The molecule has 0 radical (unpaired) electrons. The maximum Gasteiger partial charge on any atom is 0.340 e. The van der Waals surface area contributed by atoms with Crippen molar-refractivity contribution in [2.75, 3.05) is 18.6 Å². The fourth-order valence-corrected chi connectivity index (χ4v) is 3.77. The Morgan fingerprint density at radius 2 is 1.74 bits per heavy atom. The molecule has 1 aromatic carbocycles. The predicted octanol–water partition coefficient (Wildman–Crippen LogP) is 4.49. The van der Waals surface area contributed by atoms with Gasteiger partial charge in [-0.3, -0.25) is 14.9 Å². The van der Waals surface area contributed by atoms with E-state index in [0.717, 1.165) is 47.4 Å². The molecule has 0 fully saturated rings. The molecule has 1 amide bonds. The van der Waals surface area contributed by atoms with E-state index in [9.17, 15) is 9.59 Å². The molecule has 7 nitrogen and oxygen atoms in total. The number of nitrogens with zero attached hydrogens (tertiary/aromatic N) is 2. The summed E-state index contributed by atoms with van der Waals surface area (Å²) in [6.45, 7) is 10.7. The van der Waals surface area contributed by atoms with Crippen molar-refractivity contribution in [3.63, 3.8) is 0 Å². The van der Waals surface area contributed by atoms with Crippen LogP contribution >= 0.6 is 0 Å². The second-order valence-corrected chi connectivity index (χ2v) is 7.64. The molecule has 2 aromatic heterocycles. The van der Waals surface area contributed by atoms with Crippen LogP contribution in [0.2, 0.25) is 0 Å². The number of amides is 1. The molecule has 0 saturated heterocycles. The van der Waals surface area contributed by atoms with E-state index in [1.54, 1.807) is 11.6 Å². The smallest absolute Gasteiger partial charge is 0.340 e. The number of carbonyl (C=O) groups is 2. The minimum atomic E-state index is -0.339. The number of aromatic nitrogens is 2. The summed E-state index contributed by atoms with van der Waals surface area (Å²) < 4.78 is 14.9. The lowest BCUT2D eigenvalue weighted by atomic mass is 10.1. The topological polar surface area (TPSA) is 74.5 Å². The van der Waals surface area contributed by atoms with E-state index in [4.69, 9.17) is 9.47 Å². The molecule has 3 rings (SSSR count). The number of esters is 1. The van der Waals surface area contributed by atoms with Gasteiger partial charge in [-0.2, -0.15) is 0 Å². The van der Waals surface area contributed by atoms with Crippen LogP contribution in [0.15, 0.2) is 30.3 Å². The molecule has 0 aliphatic heterocycles. The van der Waals surface area contributed by atoms with Crippen LogP contribution in [0.5, 0.6) is 5.75 Å². The molecule has 2 heterocycles. The number of hydrogen-bond donors (Lipinski definition) is 1. The fraction of sp³-hybridized carbons (Fsp3) is 0.417. The van der Waals surface area contributed by atoms with Crippen LogP contribution in [0.3, 0.4) is 0 Å². The average molecular weight is 426 g/mol. The number of ether oxygens (including phenoxy) is 2. The van der Waals surface area contributed by atoms with Crippen molar-refractivity contribution in [2.24, 2.45) is 0 Å². The van der Waals surface area contributed by atoms with E-state index in [2.05, 4.69) is 16.9 Å². The standard InChI is InChI=1S/C24H31N3O4/c1-6-8-13-26-18(5)23(24(29)30-7-2)20-14-19(11-12-21(20)26)31-15-22(28)25-27-16(3)9-10-17(27)4/h9-12,14H,6-8,13,15H2,1-5H3,(H,25,28). The number of unbranched alkanes of at least 4 members (excludes halogenated alkanes) is 1. The van der Waals surface area contributed by atoms with Crippen LogP contribution in [-0.4, -0.2) is 34.3 Å². The van der Waals surface area contributed by atoms with E-state index in [0.29, 0.717) is 17.9 Å². The maximum absolute atomic E-state index is 12.6. The Morgan fingerprint density at radius 1 is 1.03 bits per heavy atom. The van der Waals surface area contributed by atoms with Crippen molar-refractivity contribution in [1.82, 2.24) is 9.24 Å². The molecule has 0 unspecified atom stereocenters. The highest BCUT2D eigenvalue weighted by Crippen LogP contribution is 2.30. The van der Waals surface area contributed by atoms with Gasteiger partial charge in [0, 0.05) is 34.5 Å². The zero-order valence-electron chi connectivity index (χ0n) is 18.9. The number of carbonyl (C=O) groups excluding carboxylic acids is 2. The molecule has 0 aliphatic carbocycles. The highest BCUT2D eigenvalue weighted by molar-refractivity contribution is 6.06. The van der Waals surface area contributed by atoms with Gasteiger partial charge in [-0.25, -0.2) is 4.79 Å². The van der Waals surface area contributed by atoms with Crippen molar-refractivity contribution in [3.05, 3.63) is 53.0 Å². The van der Waals surface area contributed by atoms with Gasteiger partial charge in [0.05, 0.1) is 12.2 Å². The first-order valence-electron chi connectivity index (χ1n) is 10.7. The van der Waals surface area contributed by atoms with E-state index < -0.39 is 0 Å². The predicted molar refractivity (Wildman–Crippen MR) is 121 cm³/mol. The van der Waals surface area contributed by atoms with E-state index in [1.807, 2.05) is 51.1 Å². The summed E-state index contributed by atoms with van der Waals surface area (Å²) in [7, 11) is 0. The van der Waals surface area contributed by atoms with Gasteiger partial charge >= 0.3 is 5.97 Å². The van der Waals surface area contributed by atoms with Crippen LogP contribution in [-0.2, 0) is 16.1 Å². The molecule has 0 saturated carbocycles. The van der Waals surface area contributed by atoms with Gasteiger partial charge in [0.25, 0.3) is 5.91 Å². The summed E-state index contributed by atoms with van der Waals surface area (Å²) in [5, 5.41) is 0.780. The zero-order valence-corrected chi connectivity index (χ0v) is 18.9. The Balaban J connectivity index is 1.84. The van der Waals surface area contributed by atoms with Crippen molar-refractivity contribution >= 4 is 22.8 Å². The Hall–Kier alpha value is -3.22. The van der Waals surface area contributed by atoms with E-state index >= 15 is 0 Å². The molecule has 31 heavy (non-hydrogen) atoms. The first-order valence-corrected chi connectivity index (χ1v) is 10.7. The second-order valence-electron chi connectivity index (χ2n) is 7.64. The minimum Gasteiger partial charge on any atom is -0.484 e. The summed E-state index contributed by atoms with van der Waals surface area (Å²) >= 11 is 0. The van der Waals surface area contributed by atoms with Crippen LogP contribution in [0.4, 0.5) is 0 Å². The van der Waals surface area contributed by atoms with Gasteiger partial charge in [-0.1, -0.05) is 13.3 Å². The van der Waals surface area contributed by atoms with Gasteiger partial charge in [-0.15, -0.1) is 0 Å². The number of hydrogen-bond acceptors (Lipinski definition) is 4. The third kappa shape index (κ3) is 4.76. The van der Waals surface area contributed by atoms with Crippen molar-refractivity contribution < 1.29 is 19.1 Å². The lowest BCUT2D eigenvalue weighted by Gasteiger charge is -2.12. The second kappa shape index (κ2) is 9.73. The minimum absolute atomic E-state index is 0.132. The third-order valence-electron chi connectivity index (χ3n) is 5.39. The number of aryl methyl sites for hydroxylation is 3. The third-order valence-corrected chi connectivity index (χ3v) is 5.39. The zero-order chi connectivity index (χ0) is 22.5. The summed E-state index contributed by atoms with van der Waals surface area (Å²) in [5.74, 6) is -0.0692. The Morgan fingerprint density at radius 3 is 2.39 bits per heavy atom. The van der Waals surface area contributed by atoms with Crippen LogP contribution in [0, 0.1) is 20.8 Å². The van der Waals surface area contributed by atoms with Crippen LogP contribution in [0.1, 0.15) is 54.1 Å². The first-order chi connectivity index (χ1) is 14.9. The van der Waals surface area contributed by atoms with Gasteiger partial charge < -0.3 is 14.0 Å². The SMILES string of the molecule is CCCCn1c(C)c(C(=O)OCC)c2cc(OCC(=O)Nn3c(C)ccc3C)ccc21. The Kier molecular flexibility index (Phi) is 7.05. The molecule has 3 aromatic rings. The summed E-state index contributed by atoms with van der Waals surface area (Å²) in [6.07, 6.45) is 2.08. The molecule has 166 valence electrons. The Bertz CT molecular complexity index is 1070. The van der Waals surface area contributed by atoms with Crippen molar-refractivity contribution in [1.29, 1.82) is 0 Å². The molecule has 0 spiro atoms. The van der Waals surface area contributed by atoms with Crippen molar-refractivity contribution in [2.45, 2.75) is 54.0 Å². The number of benzene rings is 1. The average Bonchev–Trinajstić information content (AvgIpc) is 3.20. The number of fused-ring (bicyclic) bond motifs is 1. The maximum atomic E-state index is 12.6. The molecule has 0 atom stereocenters. The highest BCUT2D eigenvalue weighted by Gasteiger charge is 2.21. The lowest BCUT2D eigenvalue weighted by molar-refractivity contribution is -0.119. The van der Waals surface area contributed by atoms with E-state index in [-0.39, 0.29) is 18.5 Å². The number of rotatable bonds is 9. The van der Waals surface area contributed by atoms with Crippen LogP contribution < -0.4 is 10.2 Å². The highest BCUT2D eigenvalue weighted by atomic mass is 16.5. The summed E-state index contributed by atoms with van der Waals surface area (Å²) in [4.78, 5) is 25.0. The van der Waals surface area contributed by atoms with Crippen molar-refractivity contribution in [3.8, 4) is 5.75 Å². The van der Waals surface area contributed by atoms with E-state index in [1.165, 1.54) is 0 Å². The number of nitrogens with one attached hydrogen (secondary N) is 1. The normalized spacial score (nSPS) is 11.0. The van der Waals surface area contributed by atoms with Gasteiger partial charge in [0.15, 0.2) is 6.61 Å². The largest absolute Gasteiger partial charge is 0.484 e. The molecular formula is C24H31N3O4. The Labute approximate surface area is 182 Å². The quantitative estimate of drug-likeness (QED) is 0.513. The first kappa shape index (κ1) is 22.5. The molecular weight excluding hydrogens is 394 g/mol. The van der Waals surface area contributed by atoms with Crippen LogP contribution in [0.25, 0.3) is 10.9 Å². The fourth-order valence-electron chi connectivity index (χ4n) is 3.77. The van der Waals surface area contributed by atoms with Gasteiger partial charge in [0.2, 0.25) is 0 Å². The summed E-state index contributed by atoms with van der Waals surface area (Å²) in [5.41, 5.74) is 7.11. The lowest BCUT2D eigenvalue weighted by Crippen LogP contribution is -2.29. The van der Waals surface area contributed by atoms with Gasteiger partial charge in [0.1, 0.15) is 5.75 Å². The molecule has 0 aliphatic rings. The molecule has 7 heteroatoms. The monoisotopic (exact) mass is 425 g/mol. The van der Waals surface area contributed by atoms with Gasteiger partial charge in [-0.05, 0) is 64.4 Å². The molecule has 1 N–H and O–H groups in total. The molecule has 0 bridgehead atoms.